The van der Waals surface area contributed by atoms with Crippen LogP contribution < -0.4 is 0 Å². The van der Waals surface area contributed by atoms with E-state index in [1.165, 1.54) is 26.1 Å². The highest BCUT2D eigenvalue weighted by atomic mass is 35.5. The fraction of sp³-hybridized carbons (Fsp3) is 0.500. The molecule has 1 unspecified atom stereocenters. The van der Waals surface area contributed by atoms with Crippen molar-refractivity contribution in [3.05, 3.63) is 16.5 Å². The molecule has 0 aromatic carbocycles. The molecule has 7 heteroatoms. The number of thiophene rings is 1. The van der Waals surface area contributed by atoms with Gasteiger partial charge in [-0.25, -0.2) is 8.42 Å². The van der Waals surface area contributed by atoms with Crippen LogP contribution in [-0.2, 0) is 10.0 Å². The van der Waals surface area contributed by atoms with Crippen molar-refractivity contribution in [1.29, 1.82) is 0 Å². The zero-order chi connectivity index (χ0) is 11.6. The van der Waals surface area contributed by atoms with E-state index in [-0.39, 0.29) is 10.8 Å². The zero-order valence-electron chi connectivity index (χ0n) is 8.34. The molecule has 0 aliphatic carbocycles. The fourth-order valence-corrected chi connectivity index (χ4v) is 4.01. The third kappa shape index (κ3) is 3.15. The first-order chi connectivity index (χ1) is 6.84. The molecule has 0 fully saturated rings. The lowest BCUT2D eigenvalue weighted by molar-refractivity contribution is 0.171. The summed E-state index contributed by atoms with van der Waals surface area (Å²) in [6.07, 6.45) is -0.694. The van der Waals surface area contributed by atoms with Gasteiger partial charge in [0.2, 0.25) is 0 Å². The van der Waals surface area contributed by atoms with E-state index < -0.39 is 16.1 Å². The molecule has 0 bridgehead atoms. The van der Waals surface area contributed by atoms with E-state index in [1.54, 1.807) is 0 Å². The molecule has 86 valence electrons. The molecule has 1 atom stereocenters. The van der Waals surface area contributed by atoms with E-state index in [0.29, 0.717) is 4.34 Å². The normalized spacial score (nSPS) is 14.5. The van der Waals surface area contributed by atoms with Crippen molar-refractivity contribution in [2.45, 2.75) is 17.2 Å². The maximum Gasteiger partial charge on any atom is 0.252 e. The van der Waals surface area contributed by atoms with Gasteiger partial charge in [-0.15, -0.1) is 11.3 Å². The van der Waals surface area contributed by atoms with Crippen LogP contribution in [0.15, 0.2) is 16.3 Å². The number of aliphatic hydroxyl groups is 1. The van der Waals surface area contributed by atoms with E-state index >= 15 is 0 Å². The lowest BCUT2D eigenvalue weighted by Crippen LogP contribution is -2.32. The number of rotatable bonds is 4. The number of likely N-dealkylation sites (N-methyl/N-ethyl adjacent to an activating group) is 1. The van der Waals surface area contributed by atoms with Gasteiger partial charge in [0.1, 0.15) is 4.21 Å². The summed E-state index contributed by atoms with van der Waals surface area (Å²) in [5.41, 5.74) is 0. The van der Waals surface area contributed by atoms with E-state index in [2.05, 4.69) is 0 Å². The second kappa shape index (κ2) is 4.80. The van der Waals surface area contributed by atoms with Crippen molar-refractivity contribution in [2.24, 2.45) is 0 Å². The van der Waals surface area contributed by atoms with E-state index in [1.807, 2.05) is 0 Å². The van der Waals surface area contributed by atoms with Crippen LogP contribution in [0, 0.1) is 0 Å². The molecular formula is C8H12ClNO3S2. The third-order valence-electron chi connectivity index (χ3n) is 1.73. The number of hydrogen-bond acceptors (Lipinski definition) is 4. The zero-order valence-corrected chi connectivity index (χ0v) is 10.7. The molecule has 1 aromatic heterocycles. The topological polar surface area (TPSA) is 57.6 Å². The van der Waals surface area contributed by atoms with Crippen LogP contribution in [0.3, 0.4) is 0 Å². The van der Waals surface area contributed by atoms with E-state index in [0.717, 1.165) is 15.6 Å². The van der Waals surface area contributed by atoms with Crippen LogP contribution in [0.1, 0.15) is 6.92 Å². The molecule has 0 aliphatic rings. The average molecular weight is 270 g/mol. The van der Waals surface area contributed by atoms with Gasteiger partial charge in [0.15, 0.2) is 0 Å². The number of halogens is 1. The Morgan fingerprint density at radius 3 is 2.60 bits per heavy atom. The van der Waals surface area contributed by atoms with E-state index in [4.69, 9.17) is 16.7 Å². The Balaban J connectivity index is 2.93. The highest BCUT2D eigenvalue weighted by Gasteiger charge is 2.23. The van der Waals surface area contributed by atoms with Crippen LogP contribution in [0.2, 0.25) is 4.34 Å². The van der Waals surface area contributed by atoms with Crippen LogP contribution in [0.25, 0.3) is 0 Å². The molecule has 0 saturated heterocycles. The Bertz CT molecular complexity index is 427. The molecule has 1 aromatic rings. The molecule has 15 heavy (non-hydrogen) atoms. The van der Waals surface area contributed by atoms with E-state index in [9.17, 15) is 8.42 Å². The highest BCUT2D eigenvalue weighted by Crippen LogP contribution is 2.27. The monoisotopic (exact) mass is 269 g/mol. The van der Waals surface area contributed by atoms with Gasteiger partial charge in [-0.05, 0) is 19.1 Å². The van der Waals surface area contributed by atoms with Crippen molar-refractivity contribution in [2.75, 3.05) is 13.6 Å². The average Bonchev–Trinajstić information content (AvgIpc) is 2.50. The summed E-state index contributed by atoms with van der Waals surface area (Å²) in [7, 11) is -2.08. The lowest BCUT2D eigenvalue weighted by Gasteiger charge is -2.17. The smallest absolute Gasteiger partial charge is 0.252 e. The van der Waals surface area contributed by atoms with Crippen LogP contribution >= 0.6 is 22.9 Å². The van der Waals surface area contributed by atoms with Gasteiger partial charge in [0.05, 0.1) is 10.4 Å². The predicted octanol–water partition coefficient (Wildman–Crippen LogP) is 1.40. The summed E-state index contributed by atoms with van der Waals surface area (Å²) in [5, 5.41) is 9.11. The van der Waals surface area contributed by atoms with Gasteiger partial charge in [-0.3, -0.25) is 0 Å². The summed E-state index contributed by atoms with van der Waals surface area (Å²) in [6, 6.07) is 3.00. The van der Waals surface area contributed by atoms with Crippen molar-refractivity contribution in [3.8, 4) is 0 Å². The lowest BCUT2D eigenvalue weighted by atomic mass is 10.4. The first kappa shape index (κ1) is 12.9. The molecule has 1 N–H and O–H groups in total. The molecule has 1 heterocycles. The Morgan fingerprint density at radius 1 is 1.60 bits per heavy atom. The van der Waals surface area contributed by atoms with Gasteiger partial charge in [0.25, 0.3) is 10.0 Å². The fourth-order valence-electron chi connectivity index (χ4n) is 1.06. The molecule has 0 spiro atoms. The minimum atomic E-state index is -3.51. The molecule has 0 saturated carbocycles. The molecular weight excluding hydrogens is 258 g/mol. The molecule has 1 rings (SSSR count). The van der Waals surface area contributed by atoms with Gasteiger partial charge in [-0.2, -0.15) is 4.31 Å². The van der Waals surface area contributed by atoms with Gasteiger partial charge < -0.3 is 5.11 Å². The van der Waals surface area contributed by atoms with Crippen molar-refractivity contribution < 1.29 is 13.5 Å². The van der Waals surface area contributed by atoms with Gasteiger partial charge in [0, 0.05) is 13.6 Å². The number of aliphatic hydroxyl groups excluding tert-OH is 1. The largest absolute Gasteiger partial charge is 0.392 e. The van der Waals surface area contributed by atoms with Gasteiger partial charge >= 0.3 is 0 Å². The molecule has 0 radical (unpaired) electrons. The molecule has 0 aliphatic heterocycles. The summed E-state index contributed by atoms with van der Waals surface area (Å²) in [5.74, 6) is 0. The highest BCUT2D eigenvalue weighted by molar-refractivity contribution is 7.91. The molecule has 0 amide bonds. The minimum absolute atomic E-state index is 0.0673. The first-order valence-corrected chi connectivity index (χ1v) is 6.87. The van der Waals surface area contributed by atoms with Crippen LogP contribution in [-0.4, -0.2) is 37.5 Å². The summed E-state index contributed by atoms with van der Waals surface area (Å²) >= 11 is 6.67. The standard InChI is InChI=1S/C8H12ClNO3S2/c1-6(11)5-10(2)15(12,13)8-4-3-7(9)14-8/h3-4,6,11H,5H2,1-2H3. The van der Waals surface area contributed by atoms with Crippen LogP contribution in [0.5, 0.6) is 0 Å². The second-order valence-corrected chi connectivity index (χ2v) is 7.18. The Labute approximate surface area is 98.1 Å². The predicted molar refractivity (Wildman–Crippen MR) is 60.8 cm³/mol. The Morgan fingerprint density at radius 2 is 2.20 bits per heavy atom. The summed E-state index contributed by atoms with van der Waals surface area (Å²) < 4.78 is 25.4. The van der Waals surface area contributed by atoms with Crippen molar-refractivity contribution in [3.63, 3.8) is 0 Å². The third-order valence-corrected chi connectivity index (χ3v) is 5.26. The second-order valence-electron chi connectivity index (χ2n) is 3.19. The number of nitrogens with zero attached hydrogens (tertiary/aromatic N) is 1. The maximum absolute atomic E-state index is 11.8. The first-order valence-electron chi connectivity index (χ1n) is 4.24. The van der Waals surface area contributed by atoms with Crippen molar-refractivity contribution in [1.82, 2.24) is 4.31 Å². The SMILES string of the molecule is CC(O)CN(C)S(=O)(=O)c1ccc(Cl)s1. The summed E-state index contributed by atoms with van der Waals surface area (Å²) in [4.78, 5) is 0. The Hall–Kier alpha value is -0.140. The number of hydrogen-bond donors (Lipinski definition) is 1. The number of sulfonamides is 1. The Kier molecular flexibility index (Phi) is 4.13. The van der Waals surface area contributed by atoms with Gasteiger partial charge in [-0.1, -0.05) is 11.6 Å². The molecule has 4 nitrogen and oxygen atoms in total. The summed E-state index contributed by atoms with van der Waals surface area (Å²) in [6.45, 7) is 1.60. The van der Waals surface area contributed by atoms with Crippen LogP contribution in [0.4, 0.5) is 0 Å². The minimum Gasteiger partial charge on any atom is -0.392 e. The maximum atomic E-state index is 11.8. The van der Waals surface area contributed by atoms with Crippen molar-refractivity contribution >= 4 is 33.0 Å². The quantitative estimate of drug-likeness (QED) is 0.899.